The van der Waals surface area contributed by atoms with Gasteiger partial charge in [0.25, 0.3) is 0 Å². The fourth-order valence-corrected chi connectivity index (χ4v) is 3.65. The first-order valence-electron chi connectivity index (χ1n) is 8.50. The molecule has 0 spiro atoms. The summed E-state index contributed by atoms with van der Waals surface area (Å²) in [7, 11) is 1.37. The Labute approximate surface area is 142 Å². The van der Waals surface area contributed by atoms with Gasteiger partial charge in [0.2, 0.25) is 0 Å². The largest absolute Gasteiger partial charge is 0.467 e. The maximum absolute atomic E-state index is 12.6. The van der Waals surface area contributed by atoms with Crippen LogP contribution in [0.2, 0.25) is 0 Å². The molecule has 2 aliphatic rings. The Morgan fingerprint density at radius 2 is 1.92 bits per heavy atom. The van der Waals surface area contributed by atoms with Gasteiger partial charge in [-0.3, -0.25) is 9.80 Å². The fourth-order valence-electron chi connectivity index (χ4n) is 3.65. The van der Waals surface area contributed by atoms with Crippen LogP contribution in [0.4, 0.5) is 4.79 Å². The molecule has 2 saturated heterocycles. The Balaban J connectivity index is 1.69. The normalized spacial score (nSPS) is 24.1. The SMILES string of the molecule is COC(=O)[C@@H]1[C@H]2CCCCN2CCN1C(=O)OCc1ccccc1. The van der Waals surface area contributed by atoms with Gasteiger partial charge in [-0.1, -0.05) is 36.8 Å². The highest BCUT2D eigenvalue weighted by Gasteiger charge is 2.45. The first kappa shape index (κ1) is 16.8. The lowest BCUT2D eigenvalue weighted by Gasteiger charge is -2.47. The first-order valence-corrected chi connectivity index (χ1v) is 8.50. The molecule has 130 valence electrons. The highest BCUT2D eigenvalue weighted by molar-refractivity contribution is 5.82. The molecule has 24 heavy (non-hydrogen) atoms. The van der Waals surface area contributed by atoms with Crippen molar-refractivity contribution in [3.63, 3.8) is 0 Å². The van der Waals surface area contributed by atoms with Gasteiger partial charge in [0.15, 0.2) is 0 Å². The molecular formula is C18H24N2O4. The number of esters is 1. The molecule has 6 nitrogen and oxygen atoms in total. The van der Waals surface area contributed by atoms with E-state index in [-0.39, 0.29) is 18.6 Å². The second kappa shape index (κ2) is 7.66. The predicted octanol–water partition coefficient (Wildman–Crippen LogP) is 2.03. The van der Waals surface area contributed by atoms with Crippen molar-refractivity contribution in [1.82, 2.24) is 9.80 Å². The molecule has 0 saturated carbocycles. The number of carbonyl (C=O) groups excluding carboxylic acids is 2. The van der Waals surface area contributed by atoms with Crippen molar-refractivity contribution >= 4 is 12.1 Å². The molecule has 0 aliphatic carbocycles. The lowest BCUT2D eigenvalue weighted by atomic mass is 9.92. The third kappa shape index (κ3) is 3.53. The third-order valence-corrected chi connectivity index (χ3v) is 4.87. The summed E-state index contributed by atoms with van der Waals surface area (Å²) in [6.45, 7) is 2.45. The smallest absolute Gasteiger partial charge is 0.410 e. The van der Waals surface area contributed by atoms with E-state index in [2.05, 4.69) is 4.90 Å². The van der Waals surface area contributed by atoms with E-state index in [0.717, 1.165) is 37.9 Å². The van der Waals surface area contributed by atoms with Crippen molar-refractivity contribution in [3.8, 4) is 0 Å². The molecular weight excluding hydrogens is 308 g/mol. The topological polar surface area (TPSA) is 59.1 Å². The number of hydrogen-bond donors (Lipinski definition) is 0. The number of rotatable bonds is 3. The number of piperidine rings is 1. The molecule has 1 amide bonds. The second-order valence-corrected chi connectivity index (χ2v) is 6.30. The van der Waals surface area contributed by atoms with Crippen molar-refractivity contribution in [1.29, 1.82) is 0 Å². The molecule has 6 heteroatoms. The summed E-state index contributed by atoms with van der Waals surface area (Å²) in [4.78, 5) is 28.7. The Hall–Kier alpha value is -2.08. The number of methoxy groups -OCH3 is 1. The van der Waals surface area contributed by atoms with Crippen LogP contribution in [0, 0.1) is 0 Å². The maximum atomic E-state index is 12.6. The average Bonchev–Trinajstić information content (AvgIpc) is 2.65. The highest BCUT2D eigenvalue weighted by Crippen LogP contribution is 2.27. The molecule has 0 N–H and O–H groups in total. The van der Waals surface area contributed by atoms with Crippen molar-refractivity contribution in [2.75, 3.05) is 26.7 Å². The third-order valence-electron chi connectivity index (χ3n) is 4.87. The summed E-state index contributed by atoms with van der Waals surface area (Å²) in [6, 6.07) is 8.99. The minimum atomic E-state index is -0.577. The molecule has 3 rings (SSSR count). The molecule has 0 radical (unpaired) electrons. The number of ether oxygens (including phenoxy) is 2. The molecule has 1 aromatic carbocycles. The molecule has 2 fully saturated rings. The van der Waals surface area contributed by atoms with Gasteiger partial charge in [-0.15, -0.1) is 0 Å². The summed E-state index contributed by atoms with van der Waals surface area (Å²) < 4.78 is 10.4. The van der Waals surface area contributed by atoms with Crippen LogP contribution >= 0.6 is 0 Å². The fraction of sp³-hybridized carbons (Fsp3) is 0.556. The summed E-state index contributed by atoms with van der Waals surface area (Å²) >= 11 is 0. The zero-order valence-corrected chi connectivity index (χ0v) is 14.0. The van der Waals surface area contributed by atoms with Gasteiger partial charge in [0.05, 0.1) is 7.11 Å². The Kier molecular flexibility index (Phi) is 5.35. The monoisotopic (exact) mass is 332 g/mol. The Morgan fingerprint density at radius 3 is 2.67 bits per heavy atom. The van der Waals surface area contributed by atoms with Crippen LogP contribution in [0.15, 0.2) is 30.3 Å². The van der Waals surface area contributed by atoms with Crippen molar-refractivity contribution in [2.24, 2.45) is 0 Å². The highest BCUT2D eigenvalue weighted by atomic mass is 16.6. The Morgan fingerprint density at radius 1 is 1.12 bits per heavy atom. The number of amides is 1. The number of piperazine rings is 1. The molecule has 1 aromatic rings. The van der Waals surface area contributed by atoms with Crippen LogP contribution in [0.3, 0.4) is 0 Å². The summed E-state index contributed by atoms with van der Waals surface area (Å²) in [5.74, 6) is -0.358. The van der Waals surface area contributed by atoms with Gasteiger partial charge in [-0.2, -0.15) is 0 Å². The predicted molar refractivity (Wildman–Crippen MR) is 88.3 cm³/mol. The van der Waals surface area contributed by atoms with Gasteiger partial charge in [-0.25, -0.2) is 9.59 Å². The lowest BCUT2D eigenvalue weighted by Crippen LogP contribution is -2.65. The van der Waals surface area contributed by atoms with E-state index < -0.39 is 12.1 Å². The van der Waals surface area contributed by atoms with Gasteiger partial charge in [0, 0.05) is 19.1 Å². The van der Waals surface area contributed by atoms with E-state index >= 15 is 0 Å². The summed E-state index contributed by atoms with van der Waals surface area (Å²) in [5, 5.41) is 0. The van der Waals surface area contributed by atoms with E-state index in [1.807, 2.05) is 30.3 Å². The summed E-state index contributed by atoms with van der Waals surface area (Å²) in [5.41, 5.74) is 0.928. The zero-order chi connectivity index (χ0) is 16.9. The summed E-state index contributed by atoms with van der Waals surface area (Å²) in [6.07, 6.45) is 2.67. The lowest BCUT2D eigenvalue weighted by molar-refractivity contribution is -0.152. The number of carbonyl (C=O) groups is 2. The van der Waals surface area contributed by atoms with Gasteiger partial charge >= 0.3 is 12.1 Å². The van der Waals surface area contributed by atoms with Crippen LogP contribution in [-0.4, -0.2) is 60.7 Å². The standard InChI is InChI=1S/C18H24N2O4/c1-23-17(21)16-15-9-5-6-10-19(15)11-12-20(16)18(22)24-13-14-7-3-2-4-8-14/h2-4,7-8,15-16H,5-6,9-13H2,1H3/t15-,16+/m1/s1. The van der Waals surface area contributed by atoms with Crippen LogP contribution in [0.1, 0.15) is 24.8 Å². The maximum Gasteiger partial charge on any atom is 0.410 e. The van der Waals surface area contributed by atoms with Crippen LogP contribution < -0.4 is 0 Å². The van der Waals surface area contributed by atoms with Gasteiger partial charge < -0.3 is 9.47 Å². The zero-order valence-electron chi connectivity index (χ0n) is 14.0. The minimum Gasteiger partial charge on any atom is -0.467 e. The molecule has 0 unspecified atom stereocenters. The first-order chi connectivity index (χ1) is 11.7. The number of fused-ring (bicyclic) bond motifs is 1. The van der Waals surface area contributed by atoms with Crippen molar-refractivity contribution < 1.29 is 19.1 Å². The van der Waals surface area contributed by atoms with E-state index in [9.17, 15) is 9.59 Å². The van der Waals surface area contributed by atoms with E-state index in [1.54, 1.807) is 4.90 Å². The van der Waals surface area contributed by atoms with Gasteiger partial charge in [0.1, 0.15) is 12.6 Å². The number of benzene rings is 1. The quantitative estimate of drug-likeness (QED) is 0.793. The van der Waals surface area contributed by atoms with E-state index in [1.165, 1.54) is 7.11 Å². The average molecular weight is 332 g/mol. The molecule has 2 atom stereocenters. The van der Waals surface area contributed by atoms with Crippen LogP contribution in [-0.2, 0) is 20.9 Å². The number of hydrogen-bond acceptors (Lipinski definition) is 5. The van der Waals surface area contributed by atoms with Crippen LogP contribution in [0.5, 0.6) is 0 Å². The molecule has 0 aromatic heterocycles. The molecule has 2 aliphatic heterocycles. The Bertz CT molecular complexity index is 578. The minimum absolute atomic E-state index is 0.0317. The van der Waals surface area contributed by atoms with Crippen molar-refractivity contribution in [3.05, 3.63) is 35.9 Å². The van der Waals surface area contributed by atoms with Gasteiger partial charge in [-0.05, 0) is 24.9 Å². The molecule has 2 heterocycles. The second-order valence-electron chi connectivity index (χ2n) is 6.30. The van der Waals surface area contributed by atoms with Crippen LogP contribution in [0.25, 0.3) is 0 Å². The number of nitrogens with zero attached hydrogens (tertiary/aromatic N) is 2. The molecule has 0 bridgehead atoms. The van der Waals surface area contributed by atoms with E-state index in [4.69, 9.17) is 9.47 Å². The van der Waals surface area contributed by atoms with E-state index in [0.29, 0.717) is 6.54 Å². The van der Waals surface area contributed by atoms with Crippen molar-refractivity contribution in [2.45, 2.75) is 38.0 Å².